The fourth-order valence-corrected chi connectivity index (χ4v) is 5.22. The van der Waals surface area contributed by atoms with Gasteiger partial charge >= 0.3 is 5.97 Å². The molecule has 0 radical (unpaired) electrons. The van der Waals surface area contributed by atoms with E-state index >= 15 is 0 Å². The van der Waals surface area contributed by atoms with Crippen LogP contribution in [0.2, 0.25) is 0 Å². The van der Waals surface area contributed by atoms with Crippen molar-refractivity contribution >= 4 is 11.9 Å². The minimum atomic E-state index is -0.441. The molecule has 230 valence electrons. The first-order chi connectivity index (χ1) is 20.9. The van der Waals surface area contributed by atoms with Crippen LogP contribution in [0.1, 0.15) is 47.4 Å². The maximum atomic E-state index is 13.9. The Hall–Kier alpha value is -4.08. The molecule has 1 amide bonds. The molecule has 4 rings (SSSR count). The average molecular weight is 591 g/mol. The number of para-hydroxylation sites is 2. The number of hydrogen-bond donors (Lipinski definition) is 1. The van der Waals surface area contributed by atoms with Crippen molar-refractivity contribution in [2.24, 2.45) is 5.92 Å². The Bertz CT molecular complexity index is 1330. The second-order valence-electron chi connectivity index (χ2n) is 10.8. The zero-order valence-corrected chi connectivity index (χ0v) is 25.4. The number of nitrogens with zero attached hydrogens (tertiary/aromatic N) is 1. The van der Waals surface area contributed by atoms with Crippen molar-refractivity contribution in [3.8, 4) is 23.0 Å². The van der Waals surface area contributed by atoms with Crippen molar-refractivity contribution in [3.05, 3.63) is 83.9 Å². The van der Waals surface area contributed by atoms with Crippen LogP contribution >= 0.6 is 0 Å². The lowest BCUT2D eigenvalue weighted by molar-refractivity contribution is 0.0509. The van der Waals surface area contributed by atoms with Crippen LogP contribution in [-0.2, 0) is 4.74 Å². The third-order valence-corrected chi connectivity index (χ3v) is 7.30. The molecule has 1 heterocycles. The van der Waals surface area contributed by atoms with Gasteiger partial charge in [-0.05, 0) is 62.7 Å². The molecule has 2 atom stereocenters. The molecule has 1 saturated heterocycles. The molecule has 0 spiro atoms. The lowest BCUT2D eigenvalue weighted by Gasteiger charge is -2.40. The van der Waals surface area contributed by atoms with E-state index in [1.165, 1.54) is 0 Å². The van der Waals surface area contributed by atoms with Crippen LogP contribution in [0, 0.1) is 5.92 Å². The van der Waals surface area contributed by atoms with Gasteiger partial charge in [0.05, 0.1) is 25.9 Å². The van der Waals surface area contributed by atoms with Crippen LogP contribution in [0.3, 0.4) is 0 Å². The highest BCUT2D eigenvalue weighted by Gasteiger charge is 2.32. The summed E-state index contributed by atoms with van der Waals surface area (Å²) in [5.41, 5.74) is 1.01. The lowest BCUT2D eigenvalue weighted by Crippen LogP contribution is -2.54. The van der Waals surface area contributed by atoms with Crippen molar-refractivity contribution in [3.63, 3.8) is 0 Å². The number of rotatable bonds is 14. The summed E-state index contributed by atoms with van der Waals surface area (Å²) in [5.74, 6) is 1.62. The van der Waals surface area contributed by atoms with Crippen molar-refractivity contribution in [1.82, 2.24) is 10.2 Å². The van der Waals surface area contributed by atoms with E-state index in [0.717, 1.165) is 19.4 Å². The highest BCUT2D eigenvalue weighted by atomic mass is 16.6. The molecule has 1 fully saturated rings. The average Bonchev–Trinajstić information content (AvgIpc) is 3.03. The van der Waals surface area contributed by atoms with Gasteiger partial charge in [-0.15, -0.1) is 0 Å². The number of hydrogen-bond acceptors (Lipinski definition) is 8. The molecular formula is C34H42N2O7. The Balaban J connectivity index is 1.41. The fraction of sp³-hybridized carbons (Fsp3) is 0.412. The summed E-state index contributed by atoms with van der Waals surface area (Å²) in [6.45, 7) is 6.95. The zero-order chi connectivity index (χ0) is 30.6. The minimum Gasteiger partial charge on any atom is -0.493 e. The highest BCUT2D eigenvalue weighted by molar-refractivity contribution is 5.95. The Labute approximate surface area is 254 Å². The molecule has 1 aliphatic rings. The van der Waals surface area contributed by atoms with Crippen LogP contribution in [-0.4, -0.2) is 76.0 Å². The highest BCUT2D eigenvalue weighted by Crippen LogP contribution is 2.31. The fourth-order valence-electron chi connectivity index (χ4n) is 5.22. The van der Waals surface area contributed by atoms with E-state index in [0.29, 0.717) is 60.5 Å². The number of benzene rings is 3. The van der Waals surface area contributed by atoms with E-state index in [9.17, 15) is 9.59 Å². The normalized spacial score (nSPS) is 16.4. The molecule has 0 aliphatic carbocycles. The summed E-state index contributed by atoms with van der Waals surface area (Å²) >= 11 is 0. The number of piperidine rings is 1. The second-order valence-corrected chi connectivity index (χ2v) is 10.8. The van der Waals surface area contributed by atoms with Crippen molar-refractivity contribution in [2.75, 3.05) is 47.1 Å². The molecule has 9 nitrogen and oxygen atoms in total. The first-order valence-electron chi connectivity index (χ1n) is 14.7. The van der Waals surface area contributed by atoms with E-state index in [1.807, 2.05) is 30.9 Å². The van der Waals surface area contributed by atoms with Crippen molar-refractivity contribution in [1.29, 1.82) is 0 Å². The summed E-state index contributed by atoms with van der Waals surface area (Å²) in [6.07, 6.45) is 1.49. The Morgan fingerprint density at radius 3 is 2.30 bits per heavy atom. The summed E-state index contributed by atoms with van der Waals surface area (Å²) < 4.78 is 28.3. The molecule has 1 N–H and O–H groups in total. The quantitative estimate of drug-likeness (QED) is 0.155. The summed E-state index contributed by atoms with van der Waals surface area (Å²) in [5, 5.41) is 3.48. The molecule has 1 aliphatic heterocycles. The van der Waals surface area contributed by atoms with Gasteiger partial charge < -0.3 is 33.9 Å². The number of methoxy groups -OCH3 is 2. The topological polar surface area (TPSA) is 95.6 Å². The van der Waals surface area contributed by atoms with Gasteiger partial charge in [0.15, 0.2) is 23.0 Å². The molecule has 0 bridgehead atoms. The largest absolute Gasteiger partial charge is 0.493 e. The maximum absolute atomic E-state index is 13.9. The van der Waals surface area contributed by atoms with Gasteiger partial charge in [-0.1, -0.05) is 30.3 Å². The van der Waals surface area contributed by atoms with Crippen LogP contribution in [0.5, 0.6) is 23.0 Å². The van der Waals surface area contributed by atoms with Gasteiger partial charge in [0, 0.05) is 56.8 Å². The Morgan fingerprint density at radius 2 is 1.58 bits per heavy atom. The van der Waals surface area contributed by atoms with Crippen LogP contribution < -0.4 is 24.3 Å². The number of nitrogens with one attached hydrogen (secondary N) is 1. The molecule has 43 heavy (non-hydrogen) atoms. The van der Waals surface area contributed by atoms with Crippen LogP contribution in [0.25, 0.3) is 0 Å². The third kappa shape index (κ3) is 8.72. The number of carbonyl (C=O) groups is 2. The van der Waals surface area contributed by atoms with Crippen molar-refractivity contribution in [2.45, 2.75) is 38.8 Å². The first-order valence-corrected chi connectivity index (χ1v) is 14.7. The van der Waals surface area contributed by atoms with Crippen LogP contribution in [0.15, 0.2) is 72.8 Å². The maximum Gasteiger partial charge on any atom is 0.343 e. The van der Waals surface area contributed by atoms with Gasteiger partial charge in [-0.3, -0.25) is 4.79 Å². The first kappa shape index (κ1) is 31.8. The molecule has 3 aromatic rings. The number of esters is 1. The van der Waals surface area contributed by atoms with Gasteiger partial charge in [-0.25, -0.2) is 4.79 Å². The van der Waals surface area contributed by atoms with Gasteiger partial charge in [0.1, 0.15) is 0 Å². The molecule has 0 saturated carbocycles. The predicted octanol–water partition coefficient (Wildman–Crippen LogP) is 5.24. The Kier molecular flexibility index (Phi) is 11.8. The number of amides is 1. The van der Waals surface area contributed by atoms with E-state index < -0.39 is 5.97 Å². The van der Waals surface area contributed by atoms with Crippen LogP contribution in [0.4, 0.5) is 0 Å². The van der Waals surface area contributed by atoms with Crippen molar-refractivity contribution < 1.29 is 33.3 Å². The van der Waals surface area contributed by atoms with E-state index in [1.54, 1.807) is 74.9 Å². The van der Waals surface area contributed by atoms with Gasteiger partial charge in [0.2, 0.25) is 0 Å². The third-order valence-electron chi connectivity index (χ3n) is 7.30. The lowest BCUT2D eigenvalue weighted by atomic mass is 9.94. The molecule has 0 aromatic heterocycles. The molecule has 0 unspecified atom stereocenters. The summed E-state index contributed by atoms with van der Waals surface area (Å²) in [6, 6.07) is 21.3. The molecule has 3 aromatic carbocycles. The summed E-state index contributed by atoms with van der Waals surface area (Å²) in [7, 11) is 3.24. The zero-order valence-electron chi connectivity index (χ0n) is 25.4. The molecular weight excluding hydrogens is 548 g/mol. The van der Waals surface area contributed by atoms with Gasteiger partial charge in [0.25, 0.3) is 5.91 Å². The van der Waals surface area contributed by atoms with E-state index in [2.05, 4.69) is 5.32 Å². The second kappa shape index (κ2) is 16.0. The van der Waals surface area contributed by atoms with Gasteiger partial charge in [-0.2, -0.15) is 0 Å². The van der Waals surface area contributed by atoms with E-state index in [4.69, 9.17) is 23.7 Å². The van der Waals surface area contributed by atoms with E-state index in [-0.39, 0.29) is 23.9 Å². The Morgan fingerprint density at radius 1 is 0.837 bits per heavy atom. The monoisotopic (exact) mass is 590 g/mol. The summed E-state index contributed by atoms with van der Waals surface area (Å²) in [4.78, 5) is 28.4. The molecule has 9 heteroatoms. The predicted molar refractivity (Wildman–Crippen MR) is 164 cm³/mol. The SMILES string of the molecule is COCCCOc1cc(C(=O)N(C(C)C)[C@H]2CNC[C@@H](COc3ccccc3OC(=O)c3ccccc3)C2)ccc1OC. The number of ether oxygens (including phenoxy) is 5. The smallest absolute Gasteiger partial charge is 0.343 e. The minimum absolute atomic E-state index is 0.0229. The standard InChI is InChI=1S/C34H42N2O7/c1-24(2)36(33(37)27-15-16-29(40-4)32(20-27)41-18-10-17-39-3)28-19-25(21-35-22-28)23-42-30-13-8-9-14-31(30)43-34(38)26-11-6-5-7-12-26/h5-9,11-16,20,24-25,28,35H,10,17-19,21-23H2,1-4H3/t25-,28+/m0/s1. The number of carbonyl (C=O) groups excluding carboxylic acids is 2.